The zero-order valence-corrected chi connectivity index (χ0v) is 10.7. The molecule has 20 heavy (non-hydrogen) atoms. The molecule has 0 aliphatic heterocycles. The zero-order valence-electron chi connectivity index (χ0n) is 9.91. The predicted molar refractivity (Wildman–Crippen MR) is 72.6 cm³/mol. The molecule has 2 rings (SSSR count). The lowest BCUT2D eigenvalue weighted by atomic mass is 10.2. The number of benzene rings is 1. The summed E-state index contributed by atoms with van der Waals surface area (Å²) in [6.07, 6.45) is 0.991. The van der Waals surface area contributed by atoms with E-state index in [4.69, 9.17) is 16.7 Å². The fourth-order valence-electron chi connectivity index (χ4n) is 1.49. The van der Waals surface area contributed by atoms with Crippen molar-refractivity contribution in [1.82, 2.24) is 4.98 Å². The van der Waals surface area contributed by atoms with Crippen molar-refractivity contribution in [2.45, 2.75) is 0 Å². The third kappa shape index (κ3) is 3.01. The van der Waals surface area contributed by atoms with E-state index in [9.17, 15) is 14.9 Å². The van der Waals surface area contributed by atoms with Gasteiger partial charge < -0.3 is 10.4 Å². The first-order valence-electron chi connectivity index (χ1n) is 5.37. The smallest absolute Gasteiger partial charge is 0.339 e. The molecule has 2 aromatic rings. The molecule has 1 heterocycles. The summed E-state index contributed by atoms with van der Waals surface area (Å²) in [6, 6.07) is 7.47. The summed E-state index contributed by atoms with van der Waals surface area (Å²) in [4.78, 5) is 24.8. The van der Waals surface area contributed by atoms with E-state index >= 15 is 0 Å². The number of carboxylic acid groups (broad SMARTS) is 1. The second kappa shape index (κ2) is 5.54. The van der Waals surface area contributed by atoms with Gasteiger partial charge in [-0.1, -0.05) is 11.6 Å². The van der Waals surface area contributed by atoms with Gasteiger partial charge in [0.25, 0.3) is 5.69 Å². The van der Waals surface area contributed by atoms with Crippen molar-refractivity contribution in [3.63, 3.8) is 0 Å². The van der Waals surface area contributed by atoms with Gasteiger partial charge in [-0.15, -0.1) is 0 Å². The van der Waals surface area contributed by atoms with E-state index in [1.807, 2.05) is 0 Å². The summed E-state index contributed by atoms with van der Waals surface area (Å²) < 4.78 is 0. The lowest BCUT2D eigenvalue weighted by molar-refractivity contribution is -0.385. The summed E-state index contributed by atoms with van der Waals surface area (Å²) in [5, 5.41) is 23.0. The van der Waals surface area contributed by atoms with E-state index in [2.05, 4.69) is 10.3 Å². The molecule has 8 heteroatoms. The summed E-state index contributed by atoms with van der Waals surface area (Å²) in [6.45, 7) is 0. The number of hydrogen-bond donors (Lipinski definition) is 2. The van der Waals surface area contributed by atoms with Crippen molar-refractivity contribution >= 4 is 34.8 Å². The average molecular weight is 294 g/mol. The second-order valence-electron chi connectivity index (χ2n) is 3.78. The number of aromatic carboxylic acids is 1. The van der Waals surface area contributed by atoms with E-state index in [-0.39, 0.29) is 17.1 Å². The number of halogens is 1. The molecule has 0 amide bonds. The molecule has 0 radical (unpaired) electrons. The highest BCUT2D eigenvalue weighted by molar-refractivity contribution is 6.30. The molecule has 1 aromatic carbocycles. The topological polar surface area (TPSA) is 105 Å². The Morgan fingerprint density at radius 3 is 2.55 bits per heavy atom. The third-order valence-electron chi connectivity index (χ3n) is 2.42. The molecule has 0 saturated carbocycles. The van der Waals surface area contributed by atoms with Crippen LogP contribution in [0.1, 0.15) is 10.4 Å². The Morgan fingerprint density at radius 2 is 2.00 bits per heavy atom. The number of anilines is 2. The maximum absolute atomic E-state index is 11.1. The number of hydrogen-bond acceptors (Lipinski definition) is 5. The molecule has 0 spiro atoms. The summed E-state index contributed by atoms with van der Waals surface area (Å²) in [7, 11) is 0. The number of nitrogens with one attached hydrogen (secondary N) is 1. The van der Waals surface area contributed by atoms with E-state index in [0.29, 0.717) is 10.7 Å². The van der Waals surface area contributed by atoms with Gasteiger partial charge in [0.1, 0.15) is 17.6 Å². The number of nitro groups is 1. The van der Waals surface area contributed by atoms with Crippen molar-refractivity contribution in [3.05, 3.63) is 57.2 Å². The van der Waals surface area contributed by atoms with Gasteiger partial charge in [-0.25, -0.2) is 9.78 Å². The Bertz CT molecular complexity index is 673. The van der Waals surface area contributed by atoms with E-state index in [0.717, 1.165) is 12.3 Å². The van der Waals surface area contributed by atoms with Gasteiger partial charge in [-0.2, -0.15) is 0 Å². The Hall–Kier alpha value is -2.67. The van der Waals surface area contributed by atoms with E-state index in [1.54, 1.807) is 24.3 Å². The van der Waals surface area contributed by atoms with Crippen molar-refractivity contribution in [2.24, 2.45) is 0 Å². The van der Waals surface area contributed by atoms with Crippen LogP contribution in [0, 0.1) is 10.1 Å². The maximum atomic E-state index is 11.1. The fraction of sp³-hybridized carbons (Fsp3) is 0. The van der Waals surface area contributed by atoms with Gasteiger partial charge in [0.2, 0.25) is 0 Å². The quantitative estimate of drug-likeness (QED) is 0.663. The predicted octanol–water partition coefficient (Wildman–Crippen LogP) is 3.09. The molecular formula is C12H8ClN3O4. The molecule has 0 aliphatic rings. The van der Waals surface area contributed by atoms with Crippen LogP contribution in [0.25, 0.3) is 0 Å². The molecule has 7 nitrogen and oxygen atoms in total. The minimum atomic E-state index is -1.31. The lowest BCUT2D eigenvalue weighted by Gasteiger charge is -2.08. The lowest BCUT2D eigenvalue weighted by Crippen LogP contribution is -2.06. The highest BCUT2D eigenvalue weighted by atomic mass is 35.5. The van der Waals surface area contributed by atoms with Crippen LogP contribution in [0.15, 0.2) is 36.5 Å². The number of nitrogens with zero attached hydrogens (tertiary/aromatic N) is 2. The molecule has 0 fully saturated rings. The highest BCUT2D eigenvalue weighted by Crippen LogP contribution is 2.23. The van der Waals surface area contributed by atoms with Crippen LogP contribution in [0.5, 0.6) is 0 Å². The van der Waals surface area contributed by atoms with Gasteiger partial charge >= 0.3 is 5.97 Å². The van der Waals surface area contributed by atoms with Crippen LogP contribution in [0.2, 0.25) is 5.02 Å². The standard InChI is InChI=1S/C12H8ClN3O4/c13-7-1-3-8(4-2-7)15-11-10(12(17)18)5-9(6-14-11)16(19)20/h1-6H,(H,14,15)(H,17,18). The van der Waals surface area contributed by atoms with Gasteiger partial charge in [0.15, 0.2) is 0 Å². The Balaban J connectivity index is 2.38. The summed E-state index contributed by atoms with van der Waals surface area (Å²) >= 11 is 5.74. The Kier molecular flexibility index (Phi) is 3.81. The first kappa shape index (κ1) is 13.8. The molecule has 0 unspecified atom stereocenters. The summed E-state index contributed by atoms with van der Waals surface area (Å²) in [5.74, 6) is -1.29. The number of carbonyl (C=O) groups is 1. The molecule has 102 valence electrons. The number of aromatic nitrogens is 1. The van der Waals surface area contributed by atoms with Gasteiger partial charge in [-0.05, 0) is 24.3 Å². The molecule has 0 atom stereocenters. The molecule has 2 N–H and O–H groups in total. The van der Waals surface area contributed by atoms with Crippen molar-refractivity contribution in [1.29, 1.82) is 0 Å². The van der Waals surface area contributed by atoms with Crippen LogP contribution in [0.3, 0.4) is 0 Å². The number of rotatable bonds is 4. The maximum Gasteiger partial charge on any atom is 0.339 e. The largest absolute Gasteiger partial charge is 0.478 e. The fourth-order valence-corrected chi connectivity index (χ4v) is 1.61. The van der Waals surface area contributed by atoms with Crippen LogP contribution in [0.4, 0.5) is 17.2 Å². The van der Waals surface area contributed by atoms with Gasteiger partial charge in [0.05, 0.1) is 4.92 Å². The number of carboxylic acids is 1. The SMILES string of the molecule is O=C(O)c1cc([N+](=O)[O-])cnc1Nc1ccc(Cl)cc1. The van der Waals surface area contributed by atoms with E-state index < -0.39 is 10.9 Å². The minimum Gasteiger partial charge on any atom is -0.478 e. The molecule has 0 aliphatic carbocycles. The first-order valence-corrected chi connectivity index (χ1v) is 5.75. The van der Waals surface area contributed by atoms with Crippen molar-refractivity contribution < 1.29 is 14.8 Å². The van der Waals surface area contributed by atoms with Gasteiger partial charge in [0, 0.05) is 16.8 Å². The van der Waals surface area contributed by atoms with E-state index in [1.165, 1.54) is 0 Å². The first-order chi connectivity index (χ1) is 9.47. The molecule has 0 saturated heterocycles. The molecule has 1 aromatic heterocycles. The summed E-state index contributed by atoms with van der Waals surface area (Å²) in [5.41, 5.74) is -0.101. The number of pyridine rings is 1. The molecular weight excluding hydrogens is 286 g/mol. The Labute approximate surface area is 118 Å². The highest BCUT2D eigenvalue weighted by Gasteiger charge is 2.17. The zero-order chi connectivity index (χ0) is 14.7. The monoisotopic (exact) mass is 293 g/mol. The van der Waals surface area contributed by atoms with Crippen molar-refractivity contribution in [2.75, 3.05) is 5.32 Å². The van der Waals surface area contributed by atoms with Crippen molar-refractivity contribution in [3.8, 4) is 0 Å². The van der Waals surface area contributed by atoms with Crippen LogP contribution >= 0.6 is 11.6 Å². The Morgan fingerprint density at radius 1 is 1.35 bits per heavy atom. The van der Waals surface area contributed by atoms with Crippen LogP contribution in [-0.2, 0) is 0 Å². The molecule has 0 bridgehead atoms. The minimum absolute atomic E-state index is 0.0189. The van der Waals surface area contributed by atoms with Gasteiger partial charge in [-0.3, -0.25) is 10.1 Å². The van der Waals surface area contributed by atoms with Crippen LogP contribution < -0.4 is 5.32 Å². The van der Waals surface area contributed by atoms with Crippen LogP contribution in [-0.4, -0.2) is 21.0 Å². The second-order valence-corrected chi connectivity index (χ2v) is 4.22. The average Bonchev–Trinajstić information content (AvgIpc) is 2.41. The normalized spacial score (nSPS) is 10.1. The third-order valence-corrected chi connectivity index (χ3v) is 2.67.